The quantitative estimate of drug-likeness (QED) is 0.768. The minimum absolute atomic E-state index is 0.604. The summed E-state index contributed by atoms with van der Waals surface area (Å²) in [6, 6.07) is 0.693. The Bertz CT molecular complexity index is 496. The molecule has 1 aliphatic carbocycles. The Kier molecular flexibility index (Phi) is 2.60. The topological polar surface area (TPSA) is 73.5 Å². The first-order chi connectivity index (χ1) is 8.31. The average Bonchev–Trinajstić information content (AvgIpc) is 2.92. The van der Waals surface area contributed by atoms with E-state index in [4.69, 9.17) is 0 Å². The molecule has 0 aliphatic heterocycles. The van der Waals surface area contributed by atoms with Crippen molar-refractivity contribution >= 4 is 0 Å². The van der Waals surface area contributed by atoms with Crippen molar-refractivity contribution in [3.8, 4) is 0 Å². The summed E-state index contributed by atoms with van der Waals surface area (Å²) in [5.41, 5.74) is 0.971. The van der Waals surface area contributed by atoms with Crippen molar-refractivity contribution in [2.24, 2.45) is 7.05 Å². The van der Waals surface area contributed by atoms with Gasteiger partial charge in [-0.05, 0) is 12.8 Å². The van der Waals surface area contributed by atoms with Crippen molar-refractivity contribution in [1.29, 1.82) is 0 Å². The highest BCUT2D eigenvalue weighted by Crippen LogP contribution is 2.18. The fraction of sp³-hybridized carbons (Fsp3) is 0.600. The molecule has 0 saturated heterocycles. The summed E-state index contributed by atoms with van der Waals surface area (Å²) in [7, 11) is 1.92. The maximum Gasteiger partial charge on any atom is 0.154 e. The molecule has 0 bridgehead atoms. The Labute approximate surface area is 98.8 Å². The number of rotatable bonds is 5. The third-order valence-electron chi connectivity index (χ3n) is 2.84. The van der Waals surface area contributed by atoms with Crippen LogP contribution < -0.4 is 5.32 Å². The number of nitrogens with one attached hydrogen (secondary N) is 1. The number of hydrogen-bond donors (Lipinski definition) is 1. The standard InChI is InChI=1S/C10H15N7/c1-16-7-12-14-10(16)6-17-5-9(13-15-17)4-11-8-2-3-8/h5,7-8,11H,2-4,6H2,1H3. The summed E-state index contributed by atoms with van der Waals surface area (Å²) < 4.78 is 3.66. The summed E-state index contributed by atoms with van der Waals surface area (Å²) in [6.07, 6.45) is 6.20. The SMILES string of the molecule is Cn1cnnc1Cn1cc(CNC2CC2)nn1. The average molecular weight is 233 g/mol. The molecule has 1 saturated carbocycles. The van der Waals surface area contributed by atoms with Crippen LogP contribution in [0.2, 0.25) is 0 Å². The number of hydrogen-bond acceptors (Lipinski definition) is 5. The van der Waals surface area contributed by atoms with E-state index < -0.39 is 0 Å². The van der Waals surface area contributed by atoms with Crippen LogP contribution in [-0.4, -0.2) is 35.8 Å². The lowest BCUT2D eigenvalue weighted by Gasteiger charge is -1.99. The van der Waals surface area contributed by atoms with Gasteiger partial charge in [-0.2, -0.15) is 0 Å². The predicted molar refractivity (Wildman–Crippen MR) is 60.0 cm³/mol. The van der Waals surface area contributed by atoms with Crippen LogP contribution in [0.4, 0.5) is 0 Å². The van der Waals surface area contributed by atoms with Crippen molar-refractivity contribution in [3.05, 3.63) is 24.0 Å². The highest BCUT2D eigenvalue weighted by atomic mass is 15.4. The fourth-order valence-corrected chi connectivity index (χ4v) is 1.63. The van der Waals surface area contributed by atoms with Crippen LogP contribution in [-0.2, 0) is 20.1 Å². The Morgan fingerprint density at radius 1 is 1.41 bits per heavy atom. The molecule has 1 aliphatic rings. The highest BCUT2D eigenvalue weighted by molar-refractivity contribution is 4.96. The van der Waals surface area contributed by atoms with E-state index in [-0.39, 0.29) is 0 Å². The van der Waals surface area contributed by atoms with Gasteiger partial charge in [0.05, 0.1) is 11.9 Å². The zero-order valence-electron chi connectivity index (χ0n) is 9.74. The predicted octanol–water partition coefficient (Wildman–Crippen LogP) is -0.293. The van der Waals surface area contributed by atoms with Gasteiger partial charge < -0.3 is 9.88 Å². The maximum atomic E-state index is 4.12. The minimum Gasteiger partial charge on any atom is -0.319 e. The number of nitrogens with zero attached hydrogens (tertiary/aromatic N) is 6. The van der Waals surface area contributed by atoms with Crippen molar-refractivity contribution in [2.45, 2.75) is 32.0 Å². The Hall–Kier alpha value is -1.76. The van der Waals surface area contributed by atoms with Crippen LogP contribution in [0, 0.1) is 0 Å². The molecular formula is C10H15N7. The molecule has 2 aromatic heterocycles. The van der Waals surface area contributed by atoms with E-state index in [0.29, 0.717) is 12.6 Å². The van der Waals surface area contributed by atoms with Crippen molar-refractivity contribution in [2.75, 3.05) is 0 Å². The van der Waals surface area contributed by atoms with Gasteiger partial charge in [0, 0.05) is 19.6 Å². The van der Waals surface area contributed by atoms with Gasteiger partial charge in [-0.25, -0.2) is 4.68 Å². The number of aryl methyl sites for hydroxylation is 1. The van der Waals surface area contributed by atoms with Gasteiger partial charge in [-0.1, -0.05) is 5.21 Å². The van der Waals surface area contributed by atoms with Gasteiger partial charge >= 0.3 is 0 Å². The van der Waals surface area contributed by atoms with Gasteiger partial charge in [-0.15, -0.1) is 15.3 Å². The summed E-state index contributed by atoms with van der Waals surface area (Å²) >= 11 is 0. The summed E-state index contributed by atoms with van der Waals surface area (Å²) in [5, 5.41) is 19.4. The lowest BCUT2D eigenvalue weighted by Crippen LogP contribution is -2.15. The van der Waals surface area contributed by atoms with Crippen molar-refractivity contribution in [1.82, 2.24) is 35.1 Å². The summed E-state index contributed by atoms with van der Waals surface area (Å²) in [5.74, 6) is 0.872. The molecule has 0 unspecified atom stereocenters. The Morgan fingerprint density at radius 2 is 2.29 bits per heavy atom. The molecule has 0 amide bonds. The van der Waals surface area contributed by atoms with Crippen LogP contribution >= 0.6 is 0 Å². The normalized spacial score (nSPS) is 15.4. The lowest BCUT2D eigenvalue weighted by atomic mass is 10.4. The molecule has 17 heavy (non-hydrogen) atoms. The fourth-order valence-electron chi connectivity index (χ4n) is 1.63. The van der Waals surface area contributed by atoms with E-state index in [1.165, 1.54) is 12.8 Å². The second kappa shape index (κ2) is 4.25. The third kappa shape index (κ3) is 2.50. The van der Waals surface area contributed by atoms with Crippen molar-refractivity contribution in [3.63, 3.8) is 0 Å². The highest BCUT2D eigenvalue weighted by Gasteiger charge is 2.20. The monoisotopic (exact) mass is 233 g/mol. The van der Waals surface area contributed by atoms with E-state index in [0.717, 1.165) is 18.1 Å². The molecule has 7 heteroatoms. The minimum atomic E-state index is 0.604. The third-order valence-corrected chi connectivity index (χ3v) is 2.84. The van der Waals surface area contributed by atoms with E-state index in [1.54, 1.807) is 11.0 Å². The number of aromatic nitrogens is 6. The van der Waals surface area contributed by atoms with Gasteiger partial charge in [0.1, 0.15) is 12.9 Å². The van der Waals surface area contributed by atoms with E-state index in [2.05, 4.69) is 25.8 Å². The molecule has 3 rings (SSSR count). The molecular weight excluding hydrogens is 218 g/mol. The second-order valence-corrected chi connectivity index (χ2v) is 4.42. The Morgan fingerprint density at radius 3 is 3.00 bits per heavy atom. The van der Waals surface area contributed by atoms with Crippen LogP contribution in [0.25, 0.3) is 0 Å². The zero-order chi connectivity index (χ0) is 11.7. The van der Waals surface area contributed by atoms with E-state index in [1.807, 2.05) is 17.8 Å². The maximum absolute atomic E-state index is 4.12. The summed E-state index contributed by atoms with van der Waals surface area (Å²) in [4.78, 5) is 0. The molecule has 2 heterocycles. The van der Waals surface area contributed by atoms with Gasteiger partial charge in [0.15, 0.2) is 5.82 Å². The van der Waals surface area contributed by atoms with E-state index in [9.17, 15) is 0 Å². The molecule has 0 aromatic carbocycles. The smallest absolute Gasteiger partial charge is 0.154 e. The first kappa shape index (κ1) is 10.4. The van der Waals surface area contributed by atoms with Crippen molar-refractivity contribution < 1.29 is 0 Å². The first-order valence-corrected chi connectivity index (χ1v) is 5.76. The van der Waals surface area contributed by atoms with Crippen LogP contribution in [0.1, 0.15) is 24.4 Å². The zero-order valence-corrected chi connectivity index (χ0v) is 9.74. The van der Waals surface area contributed by atoms with Crippen LogP contribution in [0.3, 0.4) is 0 Å². The van der Waals surface area contributed by atoms with Gasteiger partial charge in [0.25, 0.3) is 0 Å². The molecule has 1 N–H and O–H groups in total. The largest absolute Gasteiger partial charge is 0.319 e. The van der Waals surface area contributed by atoms with Crippen LogP contribution in [0.15, 0.2) is 12.5 Å². The molecule has 90 valence electrons. The molecule has 1 fully saturated rings. The van der Waals surface area contributed by atoms with E-state index >= 15 is 0 Å². The van der Waals surface area contributed by atoms with Gasteiger partial charge in [-0.3, -0.25) is 0 Å². The molecule has 7 nitrogen and oxygen atoms in total. The molecule has 0 atom stereocenters. The Balaban J connectivity index is 1.61. The first-order valence-electron chi connectivity index (χ1n) is 5.76. The van der Waals surface area contributed by atoms with Crippen LogP contribution in [0.5, 0.6) is 0 Å². The molecule has 0 spiro atoms. The molecule has 0 radical (unpaired) electrons. The lowest BCUT2D eigenvalue weighted by molar-refractivity contribution is 0.605. The molecule has 2 aromatic rings. The summed E-state index contributed by atoms with van der Waals surface area (Å²) in [6.45, 7) is 1.40. The van der Waals surface area contributed by atoms with Gasteiger partial charge in [0.2, 0.25) is 0 Å². The second-order valence-electron chi connectivity index (χ2n) is 4.42.